The molecule has 0 bridgehead atoms. The Morgan fingerprint density at radius 3 is 2.64 bits per heavy atom. The lowest BCUT2D eigenvalue weighted by Crippen LogP contribution is -2.36. The van der Waals surface area contributed by atoms with Gasteiger partial charge in [-0.25, -0.2) is 0 Å². The lowest BCUT2D eigenvalue weighted by atomic mass is 9.89. The van der Waals surface area contributed by atoms with Gasteiger partial charge in [0.05, 0.1) is 6.04 Å². The van der Waals surface area contributed by atoms with Crippen molar-refractivity contribution in [2.45, 2.75) is 38.6 Å². The normalized spacial score (nSPS) is 17.6. The van der Waals surface area contributed by atoms with E-state index in [1.165, 1.54) is 5.56 Å². The Hall–Kier alpha value is -0.820. The second-order valence-corrected chi connectivity index (χ2v) is 5.67. The molecule has 4 nitrogen and oxygen atoms in total. The van der Waals surface area contributed by atoms with Crippen LogP contribution in [0.4, 0.5) is 0 Å². The van der Waals surface area contributed by atoms with Crippen molar-refractivity contribution in [3.8, 4) is 0 Å². The highest BCUT2D eigenvalue weighted by Crippen LogP contribution is 2.27. The third-order valence-corrected chi connectivity index (χ3v) is 3.94. The maximum absolute atomic E-state index is 6.02. The maximum Gasteiger partial charge on any atom is 0.189 e. The number of rotatable bonds is 6. The molecule has 3 N–H and O–H groups in total. The van der Waals surface area contributed by atoms with E-state index in [1.54, 1.807) is 0 Å². The van der Waals surface area contributed by atoms with Crippen molar-refractivity contribution in [2.75, 3.05) is 19.8 Å². The summed E-state index contributed by atoms with van der Waals surface area (Å²) < 4.78 is 5.45. The molecule has 1 aromatic carbocycles. The van der Waals surface area contributed by atoms with Gasteiger partial charge >= 0.3 is 0 Å². The highest BCUT2D eigenvalue weighted by Gasteiger charge is 2.20. The SMILES string of the molecule is CCCN=C(N)NC(CC1CCOCC1)c1ccccc1.I. The van der Waals surface area contributed by atoms with Gasteiger partial charge in [0.1, 0.15) is 0 Å². The van der Waals surface area contributed by atoms with Crippen LogP contribution in [0.25, 0.3) is 0 Å². The third kappa shape index (κ3) is 6.52. The van der Waals surface area contributed by atoms with E-state index in [2.05, 4.69) is 41.5 Å². The Bertz CT molecular complexity index is 433. The summed E-state index contributed by atoms with van der Waals surface area (Å²) in [6.07, 6.45) is 4.36. The number of nitrogens with two attached hydrogens (primary N) is 1. The molecule has 1 fully saturated rings. The molecule has 1 aliphatic heterocycles. The molecule has 2 rings (SSSR count). The van der Waals surface area contributed by atoms with Crippen LogP contribution < -0.4 is 11.1 Å². The largest absolute Gasteiger partial charge is 0.381 e. The zero-order valence-electron chi connectivity index (χ0n) is 13.3. The van der Waals surface area contributed by atoms with Gasteiger partial charge < -0.3 is 15.8 Å². The molecule has 5 heteroatoms. The van der Waals surface area contributed by atoms with E-state index >= 15 is 0 Å². The predicted octanol–water partition coefficient (Wildman–Crippen LogP) is 3.48. The monoisotopic (exact) mass is 417 g/mol. The second kappa shape index (κ2) is 10.8. The van der Waals surface area contributed by atoms with Crippen molar-refractivity contribution in [2.24, 2.45) is 16.6 Å². The van der Waals surface area contributed by atoms with E-state index in [4.69, 9.17) is 10.5 Å². The van der Waals surface area contributed by atoms with Crippen LogP contribution in [0.15, 0.2) is 35.3 Å². The van der Waals surface area contributed by atoms with Crippen LogP contribution in [0.2, 0.25) is 0 Å². The number of benzene rings is 1. The van der Waals surface area contributed by atoms with Gasteiger partial charge in [0.15, 0.2) is 5.96 Å². The minimum absolute atomic E-state index is 0. The van der Waals surface area contributed by atoms with Crippen molar-refractivity contribution < 1.29 is 4.74 Å². The first-order chi connectivity index (χ1) is 10.3. The summed E-state index contributed by atoms with van der Waals surface area (Å²) in [6.45, 7) is 4.64. The van der Waals surface area contributed by atoms with Gasteiger partial charge in [-0.3, -0.25) is 4.99 Å². The van der Waals surface area contributed by atoms with Crippen LogP contribution in [0.5, 0.6) is 0 Å². The number of nitrogens with zero attached hydrogens (tertiary/aromatic N) is 1. The summed E-state index contributed by atoms with van der Waals surface area (Å²) in [5.41, 5.74) is 7.29. The van der Waals surface area contributed by atoms with Gasteiger partial charge in [0, 0.05) is 19.8 Å². The third-order valence-electron chi connectivity index (χ3n) is 3.94. The second-order valence-electron chi connectivity index (χ2n) is 5.67. The zero-order chi connectivity index (χ0) is 14.9. The molecule has 1 atom stereocenters. The quantitative estimate of drug-likeness (QED) is 0.423. The molecular formula is C17H28IN3O. The molecule has 1 aromatic rings. The molecule has 22 heavy (non-hydrogen) atoms. The first-order valence-corrected chi connectivity index (χ1v) is 7.98. The van der Waals surface area contributed by atoms with Crippen LogP contribution >= 0.6 is 24.0 Å². The first-order valence-electron chi connectivity index (χ1n) is 7.98. The summed E-state index contributed by atoms with van der Waals surface area (Å²) in [6, 6.07) is 10.7. The molecule has 124 valence electrons. The average Bonchev–Trinajstić information content (AvgIpc) is 2.54. The van der Waals surface area contributed by atoms with E-state index in [0.29, 0.717) is 11.9 Å². The fraction of sp³-hybridized carbons (Fsp3) is 0.588. The van der Waals surface area contributed by atoms with Gasteiger partial charge in [0.25, 0.3) is 0 Å². The minimum atomic E-state index is 0. The Kier molecular flexibility index (Phi) is 9.47. The standard InChI is InChI=1S/C17H27N3O.HI/c1-2-10-19-17(18)20-16(15-6-4-3-5-7-15)13-14-8-11-21-12-9-14;/h3-7,14,16H,2,8-13H2,1H3,(H3,18,19,20);1H. The van der Waals surface area contributed by atoms with Crippen LogP contribution in [-0.4, -0.2) is 25.7 Å². The van der Waals surface area contributed by atoms with Crippen molar-refractivity contribution in [1.29, 1.82) is 0 Å². The molecule has 0 saturated carbocycles. The molecule has 0 aliphatic carbocycles. The van der Waals surface area contributed by atoms with Crippen molar-refractivity contribution in [3.05, 3.63) is 35.9 Å². The fourth-order valence-corrected chi connectivity index (χ4v) is 2.74. The number of nitrogens with one attached hydrogen (secondary N) is 1. The lowest BCUT2D eigenvalue weighted by molar-refractivity contribution is 0.0612. The number of halogens is 1. The number of ether oxygens (including phenoxy) is 1. The number of hydrogen-bond donors (Lipinski definition) is 2. The van der Waals surface area contributed by atoms with E-state index in [9.17, 15) is 0 Å². The minimum Gasteiger partial charge on any atom is -0.381 e. The smallest absolute Gasteiger partial charge is 0.189 e. The summed E-state index contributed by atoms with van der Waals surface area (Å²) in [4.78, 5) is 4.36. The van der Waals surface area contributed by atoms with E-state index in [0.717, 1.165) is 45.4 Å². The highest BCUT2D eigenvalue weighted by molar-refractivity contribution is 14.0. The van der Waals surface area contributed by atoms with E-state index in [1.807, 2.05) is 6.07 Å². The highest BCUT2D eigenvalue weighted by atomic mass is 127. The Morgan fingerprint density at radius 1 is 1.32 bits per heavy atom. The van der Waals surface area contributed by atoms with E-state index in [-0.39, 0.29) is 30.0 Å². The van der Waals surface area contributed by atoms with Gasteiger partial charge in [-0.15, -0.1) is 24.0 Å². The van der Waals surface area contributed by atoms with Gasteiger partial charge in [-0.05, 0) is 37.2 Å². The molecule has 0 amide bonds. The van der Waals surface area contributed by atoms with Gasteiger partial charge in [-0.1, -0.05) is 37.3 Å². The lowest BCUT2D eigenvalue weighted by Gasteiger charge is -2.28. The molecule has 1 unspecified atom stereocenters. The average molecular weight is 417 g/mol. The molecule has 0 aromatic heterocycles. The molecular weight excluding hydrogens is 389 g/mol. The van der Waals surface area contributed by atoms with Crippen LogP contribution in [0.1, 0.15) is 44.2 Å². The summed E-state index contributed by atoms with van der Waals surface area (Å²) in [5.74, 6) is 1.24. The Labute approximate surface area is 150 Å². The topological polar surface area (TPSA) is 59.6 Å². The first kappa shape index (κ1) is 19.2. The summed E-state index contributed by atoms with van der Waals surface area (Å²) in [7, 11) is 0. The van der Waals surface area contributed by atoms with Crippen molar-refractivity contribution >= 4 is 29.9 Å². The Balaban J connectivity index is 0.00000242. The van der Waals surface area contributed by atoms with E-state index < -0.39 is 0 Å². The van der Waals surface area contributed by atoms with Crippen LogP contribution in [-0.2, 0) is 4.74 Å². The number of aliphatic imine (C=N–C) groups is 1. The molecule has 1 saturated heterocycles. The molecule has 1 heterocycles. The number of hydrogen-bond acceptors (Lipinski definition) is 2. The zero-order valence-corrected chi connectivity index (χ0v) is 15.7. The molecule has 1 aliphatic rings. The number of guanidine groups is 1. The fourth-order valence-electron chi connectivity index (χ4n) is 2.74. The van der Waals surface area contributed by atoms with Crippen LogP contribution in [0, 0.1) is 5.92 Å². The van der Waals surface area contributed by atoms with Gasteiger partial charge in [0.2, 0.25) is 0 Å². The Morgan fingerprint density at radius 2 is 2.00 bits per heavy atom. The van der Waals surface area contributed by atoms with Crippen molar-refractivity contribution in [3.63, 3.8) is 0 Å². The maximum atomic E-state index is 6.02. The predicted molar refractivity (Wildman–Crippen MR) is 103 cm³/mol. The summed E-state index contributed by atoms with van der Waals surface area (Å²) >= 11 is 0. The van der Waals surface area contributed by atoms with Crippen LogP contribution in [0.3, 0.4) is 0 Å². The molecule has 0 spiro atoms. The summed E-state index contributed by atoms with van der Waals surface area (Å²) in [5, 5.41) is 3.40. The van der Waals surface area contributed by atoms with Crippen molar-refractivity contribution in [1.82, 2.24) is 5.32 Å². The molecule has 0 radical (unpaired) electrons. The van der Waals surface area contributed by atoms with Gasteiger partial charge in [-0.2, -0.15) is 0 Å².